The summed E-state index contributed by atoms with van der Waals surface area (Å²) in [6.45, 7) is 41.7. The van der Waals surface area contributed by atoms with Crippen LogP contribution in [0.5, 0.6) is 23.0 Å². The molecule has 0 saturated carbocycles. The molecule has 0 saturated heterocycles. The Morgan fingerprint density at radius 1 is 0.287 bits per heavy atom. The molecule has 150 heavy (non-hydrogen) atoms. The molecule has 0 atom stereocenters. The number of unbranched alkanes of at least 4 members (excludes halogenated alkanes) is 16. The lowest BCUT2D eigenvalue weighted by Crippen LogP contribution is -2.44. The third-order valence-corrected chi connectivity index (χ3v) is 36.0. The summed E-state index contributed by atoms with van der Waals surface area (Å²) in [6.07, 6.45) is 34.3. The van der Waals surface area contributed by atoms with Gasteiger partial charge in [-0.1, -0.05) is 362 Å². The van der Waals surface area contributed by atoms with Crippen molar-refractivity contribution in [2.24, 2.45) is 0 Å². The highest BCUT2D eigenvalue weighted by atomic mass is 127. The zero-order valence-corrected chi connectivity index (χ0v) is 100. The lowest BCUT2D eigenvalue weighted by Gasteiger charge is -2.31. The predicted octanol–water partition coefficient (Wildman–Crippen LogP) is 40.1. The van der Waals surface area contributed by atoms with E-state index in [9.17, 15) is 0 Å². The van der Waals surface area contributed by atoms with E-state index < -0.39 is 27.3 Å². The number of halogens is 1. The average Bonchev–Trinajstić information content (AvgIpc) is 1.52. The molecule has 0 fully saturated rings. The van der Waals surface area contributed by atoms with Gasteiger partial charge < -0.3 is 39.0 Å². The predicted molar refractivity (Wildman–Crippen MR) is 668 cm³/mol. The summed E-state index contributed by atoms with van der Waals surface area (Å²) in [5.41, 5.74) is 29.8. The fourth-order valence-electron chi connectivity index (χ4n) is 19.3. The van der Waals surface area contributed by atoms with E-state index in [1.165, 1.54) is 236 Å². The van der Waals surface area contributed by atoms with Crippen LogP contribution >= 0.6 is 67.9 Å². The summed E-state index contributed by atoms with van der Waals surface area (Å²) in [5.74, 6) is 10.9. The van der Waals surface area contributed by atoms with Gasteiger partial charge in [0, 0.05) is 64.5 Å². The molecule has 4 heterocycles. The summed E-state index contributed by atoms with van der Waals surface area (Å²) < 4.78 is 25.5. The van der Waals surface area contributed by atoms with E-state index in [1.54, 1.807) is 54.8 Å². The number of hydrogen-bond donors (Lipinski definition) is 2. The molecular weight excluding hydrogens is 2060 g/mol. The van der Waals surface area contributed by atoms with Gasteiger partial charge in [-0.15, -0.1) is 56.4 Å². The third-order valence-electron chi connectivity index (χ3n) is 28.7. The number of ether oxygens (including phenoxy) is 4. The number of fused-ring (bicyclic) bond motifs is 6. The SMILES string of the molecule is CC(C)(O)C(C)(C)O.CCCCC1(CCCC)c2cc(I)sc2-c2sc(C#C[Si](C)(C)C)cc21.CCCCCCOc1ccc(-c2ccc(N(c3ccc(-c4ccc(OCCCCCC)cc4)cc3)c3ccc(-c4cc5c(s4)-c4sc(C#C[Si](C)(C)C)cc4C5(CCCC)CCCC)cc3)cc2)cc1.[B]c1ccc(N(c2ccc(-c3ccc(OCCCCCC)cc3)cc2)c2ccc(-c3ccc(OCCCCCC)cc3)cc2)cc1. The molecule has 16 rings (SSSR count). The summed E-state index contributed by atoms with van der Waals surface area (Å²) in [5, 5.41) is 18.2. The van der Waals surface area contributed by atoms with Gasteiger partial charge in [0.25, 0.3) is 0 Å². The van der Waals surface area contributed by atoms with E-state index >= 15 is 0 Å². The summed E-state index contributed by atoms with van der Waals surface area (Å²) in [6, 6.07) is 96.7. The maximum atomic E-state index is 9.10. The van der Waals surface area contributed by atoms with Crippen molar-refractivity contribution >= 4 is 132 Å². The van der Waals surface area contributed by atoms with Crippen LogP contribution in [0.4, 0.5) is 34.1 Å². The van der Waals surface area contributed by atoms with Gasteiger partial charge in [0.05, 0.1) is 55.1 Å². The van der Waals surface area contributed by atoms with Gasteiger partial charge in [0.1, 0.15) is 47.0 Å². The molecule has 10 aromatic carbocycles. The van der Waals surface area contributed by atoms with Gasteiger partial charge in [0.2, 0.25) is 0 Å². The van der Waals surface area contributed by atoms with Crippen LogP contribution in [-0.2, 0) is 10.8 Å². The highest BCUT2D eigenvalue weighted by molar-refractivity contribution is 14.1. The van der Waals surface area contributed by atoms with E-state index in [1.807, 2.05) is 57.5 Å². The molecule has 2 aliphatic carbocycles. The highest BCUT2D eigenvalue weighted by Gasteiger charge is 2.47. The topological polar surface area (TPSA) is 83.9 Å². The van der Waals surface area contributed by atoms with Gasteiger partial charge >= 0.3 is 0 Å². The average molecular weight is 2220 g/mol. The number of hydrogen-bond acceptors (Lipinski definition) is 12. The lowest BCUT2D eigenvalue weighted by atomic mass is 9.71. The molecule has 0 unspecified atom stereocenters. The van der Waals surface area contributed by atoms with Gasteiger partial charge in [-0.2, -0.15) is 0 Å². The maximum Gasteiger partial charge on any atom is 0.129 e. The fraction of sp³-hybridized carbons (Fsp3) is 0.403. The van der Waals surface area contributed by atoms with Crippen LogP contribution in [0.15, 0.2) is 267 Å². The van der Waals surface area contributed by atoms with Crippen LogP contribution in [0.1, 0.15) is 295 Å². The van der Waals surface area contributed by atoms with Gasteiger partial charge in [-0.05, 0) is 320 Å². The number of thiophene rings is 4. The first-order valence-electron chi connectivity index (χ1n) is 56.0. The number of rotatable bonds is 48. The molecule has 0 spiro atoms. The molecule has 16 heteroatoms. The Labute approximate surface area is 935 Å². The Balaban J connectivity index is 0.000000199. The van der Waals surface area contributed by atoms with Crippen LogP contribution < -0.4 is 34.2 Å². The minimum absolute atomic E-state index is 0.0590. The molecular formula is C134H164BIN2O6S4Si2. The van der Waals surface area contributed by atoms with Crippen molar-refractivity contribution in [2.45, 2.75) is 324 Å². The summed E-state index contributed by atoms with van der Waals surface area (Å²) in [4.78, 5) is 14.5. The Hall–Kier alpha value is -9.93. The van der Waals surface area contributed by atoms with Crippen LogP contribution in [0.25, 0.3) is 74.5 Å². The first-order valence-corrected chi connectivity index (χ1v) is 67.3. The molecule has 0 aliphatic heterocycles. The zero-order valence-electron chi connectivity index (χ0n) is 93.0. The smallest absolute Gasteiger partial charge is 0.129 e. The Kier molecular flexibility index (Phi) is 44.3. The van der Waals surface area contributed by atoms with Crippen molar-refractivity contribution in [2.75, 3.05) is 36.2 Å². The molecule has 8 nitrogen and oxygen atoms in total. The Bertz CT molecular complexity index is 6370. The van der Waals surface area contributed by atoms with Gasteiger partial charge in [-0.3, -0.25) is 0 Å². The quantitative estimate of drug-likeness (QED) is 0.0169. The van der Waals surface area contributed by atoms with Crippen LogP contribution in [-0.4, -0.2) is 71.8 Å². The monoisotopic (exact) mass is 2220 g/mol. The number of nitrogens with zero attached hydrogens (tertiary/aromatic N) is 2. The molecule has 788 valence electrons. The first-order chi connectivity index (χ1) is 72.3. The van der Waals surface area contributed by atoms with Crippen molar-refractivity contribution in [1.29, 1.82) is 0 Å². The van der Waals surface area contributed by atoms with Gasteiger partial charge in [0.15, 0.2) is 0 Å². The van der Waals surface area contributed by atoms with E-state index in [-0.39, 0.29) is 10.8 Å². The number of benzene rings is 10. The molecule has 2 N–H and O–H groups in total. The fourth-order valence-corrected chi connectivity index (χ4v) is 26.2. The van der Waals surface area contributed by atoms with Crippen molar-refractivity contribution in [1.82, 2.24) is 0 Å². The normalized spacial score (nSPS) is 12.5. The van der Waals surface area contributed by atoms with Crippen molar-refractivity contribution < 1.29 is 29.2 Å². The van der Waals surface area contributed by atoms with E-state index in [0.29, 0.717) is 0 Å². The standard InChI is InChI=1S/C64H75NO2S2Si.C42H46BNO2.C22H29IS2Si.C6H14O2/c1-8-12-16-18-43-66-56-36-26-50(27-37-56)48-20-30-53(31-21-48)65(54-32-22-49(23-33-54)51-28-38-57(39-29-51)67-44-19-17-13-9-2)55-34-24-52(25-35-55)61-47-60-63(69-61)62-59(46-58(68-62)40-45-70(5,6)7)64(60,41-14-10-3)42-15-11-4;1-3-5-7-9-31-45-41-27-15-35(16-28-41)33-11-21-38(22-12-33)44(40-25-19-37(43)20-26-40)39-23-13-34(14-24-39)36-17-29-42(30-18-36)46-32-10-8-6-4-2;1-6-8-11-22(12-9-7-2)17-14-16(10-13-26(3,4)5)24-20(17)21-18(22)15-19(23)25-21;1-5(2,7)6(3,4)8/h20-39,46-47H,8-19,41-44H2,1-7H3;11-30H,3-10,31-32H2,1-2H3;14-15H,6-9,11-12H2,1-5H3;7-8H,1-4H3. The van der Waals surface area contributed by atoms with E-state index in [4.69, 9.17) is 37.0 Å². The molecule has 0 bridgehead atoms. The van der Waals surface area contributed by atoms with Crippen LogP contribution in [0, 0.1) is 25.8 Å². The first kappa shape index (κ1) is 117. The molecule has 14 aromatic rings. The van der Waals surface area contributed by atoms with E-state index in [0.717, 1.165) is 115 Å². The molecule has 2 radical (unpaired) electrons. The van der Waals surface area contributed by atoms with Crippen molar-refractivity contribution in [3.8, 4) is 120 Å². The number of anilines is 6. The third kappa shape index (κ3) is 32.4. The lowest BCUT2D eigenvalue weighted by molar-refractivity contribution is -0.107. The van der Waals surface area contributed by atoms with Gasteiger partial charge in [-0.25, -0.2) is 0 Å². The maximum absolute atomic E-state index is 9.10. The largest absolute Gasteiger partial charge is 0.494 e. The molecule has 0 amide bonds. The van der Waals surface area contributed by atoms with Crippen molar-refractivity contribution in [3.05, 3.63) is 302 Å². The second kappa shape index (κ2) is 56.8. The second-order valence-electron chi connectivity index (χ2n) is 43.8. The summed E-state index contributed by atoms with van der Waals surface area (Å²) >= 11 is 10.4. The van der Waals surface area contributed by atoms with Crippen molar-refractivity contribution in [3.63, 3.8) is 0 Å². The van der Waals surface area contributed by atoms with Crippen LogP contribution in [0.3, 0.4) is 0 Å². The Morgan fingerprint density at radius 2 is 0.513 bits per heavy atom. The zero-order chi connectivity index (χ0) is 107. The minimum atomic E-state index is -1.50. The van der Waals surface area contributed by atoms with Crippen LogP contribution in [0.2, 0.25) is 39.3 Å². The molecule has 2 aliphatic rings. The minimum Gasteiger partial charge on any atom is -0.494 e. The Morgan fingerprint density at radius 3 is 0.767 bits per heavy atom. The highest BCUT2D eigenvalue weighted by Crippen LogP contribution is 2.62. The number of aliphatic hydroxyl groups is 2. The summed E-state index contributed by atoms with van der Waals surface area (Å²) in [7, 11) is 3.21. The molecule has 4 aromatic heterocycles. The van der Waals surface area contributed by atoms with E-state index in [2.05, 4.69) is 405 Å². The second-order valence-corrected chi connectivity index (χ2v) is 59.4.